The Morgan fingerprint density at radius 2 is 1.05 bits per heavy atom. The Labute approximate surface area is 235 Å². The van der Waals surface area contributed by atoms with Gasteiger partial charge in [0.05, 0.1) is 11.2 Å². The van der Waals surface area contributed by atoms with Gasteiger partial charge in [-0.15, -0.1) is 0 Å². The lowest BCUT2D eigenvalue weighted by molar-refractivity contribution is 0.654. The molecule has 0 spiro atoms. The van der Waals surface area contributed by atoms with Crippen molar-refractivity contribution in [2.24, 2.45) is 0 Å². The fourth-order valence-corrected chi connectivity index (χ4v) is 5.09. The van der Waals surface area contributed by atoms with Crippen LogP contribution < -0.4 is 0 Å². The Balaban J connectivity index is 1.24. The first-order valence-corrected chi connectivity index (χ1v) is 13.4. The molecule has 4 heterocycles. The zero-order valence-corrected chi connectivity index (χ0v) is 21.8. The molecule has 0 unspecified atom stereocenters. The molecule has 6 nitrogen and oxygen atoms in total. The summed E-state index contributed by atoms with van der Waals surface area (Å²) in [6.07, 6.45) is 0. The summed E-state index contributed by atoms with van der Waals surface area (Å²) in [5.41, 5.74) is 6.56. The van der Waals surface area contributed by atoms with Gasteiger partial charge in [0.25, 0.3) is 0 Å². The van der Waals surface area contributed by atoms with Crippen LogP contribution in [0, 0.1) is 0 Å². The third-order valence-electron chi connectivity index (χ3n) is 7.16. The number of furan rings is 1. The van der Waals surface area contributed by atoms with Crippen molar-refractivity contribution in [1.82, 2.24) is 24.9 Å². The summed E-state index contributed by atoms with van der Waals surface area (Å²) in [5, 5.41) is 3.04. The Morgan fingerprint density at radius 3 is 1.80 bits per heavy atom. The highest BCUT2D eigenvalue weighted by Gasteiger charge is 2.16. The molecule has 0 radical (unpaired) electrons. The monoisotopic (exact) mass is 527 g/mol. The van der Waals surface area contributed by atoms with Crippen LogP contribution in [0.15, 0.2) is 132 Å². The second-order valence-corrected chi connectivity index (χ2v) is 9.79. The molecule has 0 atom stereocenters. The molecule has 0 fully saturated rings. The van der Waals surface area contributed by atoms with Gasteiger partial charge in [-0.25, -0.2) is 24.9 Å². The second-order valence-electron chi connectivity index (χ2n) is 9.79. The Morgan fingerprint density at radius 1 is 0.415 bits per heavy atom. The number of benzene rings is 4. The van der Waals surface area contributed by atoms with Gasteiger partial charge in [-0.05, 0) is 36.4 Å². The van der Waals surface area contributed by atoms with E-state index < -0.39 is 0 Å². The van der Waals surface area contributed by atoms with Gasteiger partial charge in [0.15, 0.2) is 17.5 Å². The molecule has 192 valence electrons. The summed E-state index contributed by atoms with van der Waals surface area (Å²) in [4.78, 5) is 24.1. The van der Waals surface area contributed by atoms with Crippen molar-refractivity contribution < 1.29 is 4.42 Å². The van der Waals surface area contributed by atoms with Crippen LogP contribution in [0.3, 0.4) is 0 Å². The minimum Gasteiger partial charge on any atom is -0.438 e. The van der Waals surface area contributed by atoms with Crippen LogP contribution >= 0.6 is 0 Å². The van der Waals surface area contributed by atoms with E-state index in [1.165, 1.54) is 0 Å². The van der Waals surface area contributed by atoms with Crippen LogP contribution in [0.25, 0.3) is 78.5 Å². The van der Waals surface area contributed by atoms with Gasteiger partial charge < -0.3 is 4.42 Å². The molecule has 8 aromatic rings. The quantitative estimate of drug-likeness (QED) is 0.229. The topological polar surface area (TPSA) is 77.6 Å². The third kappa shape index (κ3) is 4.19. The summed E-state index contributed by atoms with van der Waals surface area (Å²) in [7, 11) is 0. The van der Waals surface area contributed by atoms with Gasteiger partial charge in [-0.2, -0.15) is 0 Å². The number of fused-ring (bicyclic) bond motifs is 4. The molecule has 0 aliphatic carbocycles. The maximum absolute atomic E-state index is 6.28. The maximum Gasteiger partial charge on any atom is 0.227 e. The second kappa shape index (κ2) is 9.47. The average molecular weight is 528 g/mol. The lowest BCUT2D eigenvalue weighted by Gasteiger charge is -2.07. The number of hydrogen-bond donors (Lipinski definition) is 0. The average Bonchev–Trinajstić information content (AvgIpc) is 3.42. The molecule has 8 rings (SSSR count). The van der Waals surface area contributed by atoms with E-state index in [2.05, 4.69) is 24.3 Å². The van der Waals surface area contributed by atoms with Gasteiger partial charge in [0, 0.05) is 32.8 Å². The highest BCUT2D eigenvalue weighted by atomic mass is 16.3. The van der Waals surface area contributed by atoms with Gasteiger partial charge in [0.2, 0.25) is 5.71 Å². The van der Waals surface area contributed by atoms with Crippen LogP contribution in [0.2, 0.25) is 0 Å². The fraction of sp³-hybridized carbons (Fsp3) is 0. The van der Waals surface area contributed by atoms with Gasteiger partial charge in [-0.1, -0.05) is 91.0 Å². The normalized spacial score (nSPS) is 11.4. The first kappa shape index (κ1) is 23.2. The third-order valence-corrected chi connectivity index (χ3v) is 7.16. The van der Waals surface area contributed by atoms with Crippen molar-refractivity contribution >= 4 is 33.0 Å². The van der Waals surface area contributed by atoms with E-state index in [9.17, 15) is 0 Å². The summed E-state index contributed by atoms with van der Waals surface area (Å²) in [6.45, 7) is 0. The predicted octanol–water partition coefficient (Wildman–Crippen LogP) is 8.38. The zero-order valence-electron chi connectivity index (χ0n) is 21.8. The molecule has 4 aromatic carbocycles. The van der Waals surface area contributed by atoms with E-state index >= 15 is 0 Å². The van der Waals surface area contributed by atoms with E-state index in [0.29, 0.717) is 28.9 Å². The first-order chi connectivity index (χ1) is 20.3. The van der Waals surface area contributed by atoms with Gasteiger partial charge in [0.1, 0.15) is 11.3 Å². The van der Waals surface area contributed by atoms with Gasteiger partial charge in [-0.3, -0.25) is 0 Å². The van der Waals surface area contributed by atoms with Crippen LogP contribution in [0.4, 0.5) is 0 Å². The number of para-hydroxylation sites is 1. The van der Waals surface area contributed by atoms with Crippen LogP contribution in [0.5, 0.6) is 0 Å². The molecule has 0 aliphatic rings. The largest absolute Gasteiger partial charge is 0.438 e. The van der Waals surface area contributed by atoms with Crippen LogP contribution in [-0.4, -0.2) is 24.9 Å². The summed E-state index contributed by atoms with van der Waals surface area (Å²) < 4.78 is 6.28. The Bertz CT molecular complexity index is 2150. The summed E-state index contributed by atoms with van der Waals surface area (Å²) in [6, 6.07) is 42.2. The van der Waals surface area contributed by atoms with Crippen molar-refractivity contribution in [3.05, 3.63) is 127 Å². The molecule has 0 bridgehead atoms. The minimum atomic E-state index is 0.487. The van der Waals surface area contributed by atoms with E-state index in [1.54, 1.807) is 0 Å². The molecule has 0 saturated heterocycles. The maximum atomic E-state index is 6.28. The molecule has 6 heteroatoms. The Kier molecular flexibility index (Phi) is 5.35. The van der Waals surface area contributed by atoms with Crippen molar-refractivity contribution in [2.45, 2.75) is 0 Å². The number of rotatable bonds is 4. The Hall–Kier alpha value is -5.75. The molecule has 0 N–H and O–H groups in total. The minimum absolute atomic E-state index is 0.487. The SMILES string of the molecule is c1ccc(-c2nc(-c3ccccc3)nc(-c3ccc4c(n3)oc3cc(-c5ccc6ccccc6n5)ccc34)n2)cc1. The van der Waals surface area contributed by atoms with Crippen LogP contribution in [-0.2, 0) is 0 Å². The van der Waals surface area contributed by atoms with E-state index in [0.717, 1.165) is 49.6 Å². The van der Waals surface area contributed by atoms with E-state index in [-0.39, 0.29) is 0 Å². The molecule has 0 amide bonds. The molecule has 4 aromatic heterocycles. The fourth-order valence-electron chi connectivity index (χ4n) is 5.09. The first-order valence-electron chi connectivity index (χ1n) is 13.4. The van der Waals surface area contributed by atoms with Crippen LogP contribution in [0.1, 0.15) is 0 Å². The van der Waals surface area contributed by atoms with Crippen molar-refractivity contribution in [1.29, 1.82) is 0 Å². The zero-order chi connectivity index (χ0) is 27.2. The lowest BCUT2D eigenvalue weighted by Crippen LogP contribution is -2.01. The molecular weight excluding hydrogens is 506 g/mol. The molecule has 0 aliphatic heterocycles. The number of aromatic nitrogens is 5. The predicted molar refractivity (Wildman–Crippen MR) is 162 cm³/mol. The van der Waals surface area contributed by atoms with E-state index in [4.69, 9.17) is 29.3 Å². The highest BCUT2D eigenvalue weighted by Crippen LogP contribution is 2.33. The smallest absolute Gasteiger partial charge is 0.227 e. The summed E-state index contributed by atoms with van der Waals surface area (Å²) in [5.74, 6) is 1.67. The summed E-state index contributed by atoms with van der Waals surface area (Å²) >= 11 is 0. The lowest BCUT2D eigenvalue weighted by atomic mass is 10.1. The molecular formula is C35H21N5O. The number of pyridine rings is 2. The number of hydrogen-bond acceptors (Lipinski definition) is 6. The molecule has 41 heavy (non-hydrogen) atoms. The molecule has 0 saturated carbocycles. The highest BCUT2D eigenvalue weighted by molar-refractivity contribution is 6.05. The number of nitrogens with zero attached hydrogens (tertiary/aromatic N) is 5. The van der Waals surface area contributed by atoms with Gasteiger partial charge >= 0.3 is 0 Å². The van der Waals surface area contributed by atoms with Crippen molar-refractivity contribution in [3.63, 3.8) is 0 Å². The van der Waals surface area contributed by atoms with Crippen molar-refractivity contribution in [2.75, 3.05) is 0 Å². The standard InChI is InChI=1S/C35H21N5O/c1-3-10-23(11-4-1)32-38-33(24-12-5-2-6-13-24)40-34(39-32)30-20-18-27-26-17-15-25(21-31(26)41-35(27)37-30)29-19-16-22-9-7-8-14-28(22)36-29/h1-21H. The van der Waals surface area contributed by atoms with Crippen molar-refractivity contribution in [3.8, 4) is 45.6 Å². The van der Waals surface area contributed by atoms with E-state index in [1.807, 2.05) is 103 Å².